The summed E-state index contributed by atoms with van der Waals surface area (Å²) in [7, 11) is 0. The Kier molecular flexibility index (Phi) is 2.04. The minimum absolute atomic E-state index is 0.460. The van der Waals surface area contributed by atoms with Crippen LogP contribution in [0, 0.1) is 0 Å². The molecule has 0 atom stereocenters. The maximum Gasteiger partial charge on any atom is 0.145 e. The number of H-pyrrole nitrogens is 1. The van der Waals surface area contributed by atoms with Gasteiger partial charge in [0.2, 0.25) is 0 Å². The second-order valence-electron chi connectivity index (χ2n) is 3.75. The third-order valence-corrected chi connectivity index (χ3v) is 2.85. The van der Waals surface area contributed by atoms with Gasteiger partial charge >= 0.3 is 0 Å². The van der Waals surface area contributed by atoms with Crippen LogP contribution in [0.2, 0.25) is 5.02 Å². The van der Waals surface area contributed by atoms with Crippen LogP contribution in [0.25, 0.3) is 11.3 Å². The number of anilines is 1. The molecule has 16 heavy (non-hydrogen) atoms. The molecule has 2 aromatic rings. The highest BCUT2D eigenvalue weighted by molar-refractivity contribution is 6.31. The lowest BCUT2D eigenvalue weighted by Gasteiger charge is -2.06. The first-order chi connectivity index (χ1) is 7.74. The van der Waals surface area contributed by atoms with Crippen molar-refractivity contribution in [3.63, 3.8) is 0 Å². The molecular formula is C11H10ClN3O. The standard InChI is InChI=1S/C11H10ClN3O/c12-7-3-6-1-2-16-11(6)8(4-7)9-5-10(13)15-14-9/h3-5H,1-2H2,(H3,13,14,15). The molecule has 3 N–H and O–H groups in total. The van der Waals surface area contributed by atoms with E-state index in [0.29, 0.717) is 17.4 Å². The molecule has 4 nitrogen and oxygen atoms in total. The fourth-order valence-electron chi connectivity index (χ4n) is 1.94. The molecule has 0 fully saturated rings. The van der Waals surface area contributed by atoms with Crippen molar-refractivity contribution < 1.29 is 4.74 Å². The maximum absolute atomic E-state index is 6.06. The number of fused-ring (bicyclic) bond motifs is 1. The van der Waals surface area contributed by atoms with Gasteiger partial charge < -0.3 is 10.5 Å². The van der Waals surface area contributed by atoms with Crippen LogP contribution in [0.3, 0.4) is 0 Å². The lowest BCUT2D eigenvalue weighted by atomic mass is 10.1. The fraction of sp³-hybridized carbons (Fsp3) is 0.182. The van der Waals surface area contributed by atoms with Crippen LogP contribution in [0.4, 0.5) is 5.82 Å². The van der Waals surface area contributed by atoms with Crippen LogP contribution < -0.4 is 10.5 Å². The summed E-state index contributed by atoms with van der Waals surface area (Å²) in [6.45, 7) is 0.701. The molecule has 0 saturated carbocycles. The Hall–Kier alpha value is -1.68. The number of hydrogen-bond donors (Lipinski definition) is 2. The topological polar surface area (TPSA) is 63.9 Å². The van der Waals surface area contributed by atoms with Crippen LogP contribution in [0.5, 0.6) is 5.75 Å². The van der Waals surface area contributed by atoms with Crippen molar-refractivity contribution >= 4 is 17.4 Å². The lowest BCUT2D eigenvalue weighted by Crippen LogP contribution is -1.89. The second kappa shape index (κ2) is 3.42. The second-order valence-corrected chi connectivity index (χ2v) is 4.18. The summed E-state index contributed by atoms with van der Waals surface area (Å²) >= 11 is 6.06. The van der Waals surface area contributed by atoms with E-state index in [9.17, 15) is 0 Å². The van der Waals surface area contributed by atoms with E-state index in [4.69, 9.17) is 22.1 Å². The number of aromatic nitrogens is 2. The molecule has 1 aromatic carbocycles. The van der Waals surface area contributed by atoms with Crippen molar-refractivity contribution in [2.24, 2.45) is 0 Å². The molecule has 0 amide bonds. The van der Waals surface area contributed by atoms with Gasteiger partial charge in [0.1, 0.15) is 11.6 Å². The Bertz CT molecular complexity index is 550. The van der Waals surface area contributed by atoms with Crippen LogP contribution >= 0.6 is 11.6 Å². The summed E-state index contributed by atoms with van der Waals surface area (Å²) in [5.74, 6) is 1.34. The SMILES string of the molecule is Nc1cc(-c2cc(Cl)cc3c2OCC3)[nH]n1. The van der Waals surface area contributed by atoms with Gasteiger partial charge in [-0.25, -0.2) is 0 Å². The quantitative estimate of drug-likeness (QED) is 0.797. The Morgan fingerprint density at radius 3 is 3.00 bits per heavy atom. The highest BCUT2D eigenvalue weighted by Crippen LogP contribution is 2.38. The van der Waals surface area contributed by atoms with Gasteiger partial charge in [0.05, 0.1) is 12.3 Å². The average Bonchev–Trinajstić information content (AvgIpc) is 2.84. The summed E-state index contributed by atoms with van der Waals surface area (Å²) in [6, 6.07) is 5.57. The van der Waals surface area contributed by atoms with E-state index >= 15 is 0 Å². The molecule has 1 aliphatic rings. The predicted octanol–water partition coefficient (Wildman–Crippen LogP) is 2.25. The Balaban J connectivity index is 2.20. The molecule has 1 aliphatic heterocycles. The largest absolute Gasteiger partial charge is 0.492 e. The molecule has 0 unspecified atom stereocenters. The first kappa shape index (κ1) is 9.54. The summed E-state index contributed by atoms with van der Waals surface area (Å²) in [5, 5.41) is 7.47. The zero-order valence-corrected chi connectivity index (χ0v) is 9.21. The van der Waals surface area contributed by atoms with Gasteiger partial charge in [-0.3, -0.25) is 5.10 Å². The number of ether oxygens (including phenoxy) is 1. The summed E-state index contributed by atoms with van der Waals surface area (Å²) in [4.78, 5) is 0. The van der Waals surface area contributed by atoms with Crippen molar-refractivity contribution in [2.75, 3.05) is 12.3 Å². The summed E-state index contributed by atoms with van der Waals surface area (Å²) < 4.78 is 5.60. The van der Waals surface area contributed by atoms with Gasteiger partial charge in [0, 0.05) is 23.1 Å². The first-order valence-corrected chi connectivity index (χ1v) is 5.38. The molecule has 0 bridgehead atoms. The summed E-state index contributed by atoms with van der Waals surface area (Å²) in [5.41, 5.74) is 8.47. The molecule has 0 radical (unpaired) electrons. The van der Waals surface area contributed by atoms with Crippen molar-refractivity contribution in [2.45, 2.75) is 6.42 Å². The van der Waals surface area contributed by atoms with E-state index in [1.807, 2.05) is 12.1 Å². The summed E-state index contributed by atoms with van der Waals surface area (Å²) in [6.07, 6.45) is 0.895. The maximum atomic E-state index is 6.06. The third kappa shape index (κ3) is 1.42. The monoisotopic (exact) mass is 235 g/mol. The number of hydrogen-bond acceptors (Lipinski definition) is 3. The number of nitrogens with two attached hydrogens (primary N) is 1. The molecule has 1 aromatic heterocycles. The van der Waals surface area contributed by atoms with Gasteiger partial charge in [0.15, 0.2) is 0 Å². The number of halogens is 1. The predicted molar refractivity (Wildman–Crippen MR) is 62.6 cm³/mol. The van der Waals surface area contributed by atoms with E-state index in [1.54, 1.807) is 6.07 Å². The highest BCUT2D eigenvalue weighted by atomic mass is 35.5. The number of rotatable bonds is 1. The molecule has 5 heteroatoms. The molecule has 82 valence electrons. The van der Waals surface area contributed by atoms with Gasteiger partial charge in [-0.15, -0.1) is 0 Å². The van der Waals surface area contributed by atoms with E-state index in [-0.39, 0.29) is 0 Å². The smallest absolute Gasteiger partial charge is 0.145 e. The molecule has 0 saturated heterocycles. The van der Waals surface area contributed by atoms with E-state index < -0.39 is 0 Å². The lowest BCUT2D eigenvalue weighted by molar-refractivity contribution is 0.358. The van der Waals surface area contributed by atoms with Gasteiger partial charge in [0.25, 0.3) is 0 Å². The van der Waals surface area contributed by atoms with Crippen molar-refractivity contribution in [3.05, 3.63) is 28.8 Å². The zero-order valence-electron chi connectivity index (χ0n) is 8.46. The number of aromatic amines is 1. The van der Waals surface area contributed by atoms with Gasteiger partial charge in [-0.2, -0.15) is 5.10 Å². The fourth-order valence-corrected chi connectivity index (χ4v) is 2.19. The molecule has 2 heterocycles. The third-order valence-electron chi connectivity index (χ3n) is 2.64. The van der Waals surface area contributed by atoms with Crippen molar-refractivity contribution in [1.82, 2.24) is 10.2 Å². The molecule has 3 rings (SSSR count). The Labute approximate surface area is 97.4 Å². The van der Waals surface area contributed by atoms with Crippen molar-refractivity contribution in [1.29, 1.82) is 0 Å². The molecule has 0 spiro atoms. The highest BCUT2D eigenvalue weighted by Gasteiger charge is 2.19. The van der Waals surface area contributed by atoms with Crippen LogP contribution in [0.1, 0.15) is 5.56 Å². The number of nitrogen functional groups attached to an aromatic ring is 1. The minimum atomic E-state index is 0.460. The normalized spacial score (nSPS) is 13.6. The molecular weight excluding hydrogens is 226 g/mol. The van der Waals surface area contributed by atoms with Gasteiger partial charge in [-0.05, 0) is 17.7 Å². The van der Waals surface area contributed by atoms with E-state index in [0.717, 1.165) is 29.0 Å². The average molecular weight is 236 g/mol. The molecule has 0 aliphatic carbocycles. The van der Waals surface area contributed by atoms with Crippen LogP contribution in [-0.2, 0) is 6.42 Å². The Morgan fingerprint density at radius 1 is 1.38 bits per heavy atom. The minimum Gasteiger partial charge on any atom is -0.492 e. The van der Waals surface area contributed by atoms with E-state index in [2.05, 4.69) is 10.2 Å². The van der Waals surface area contributed by atoms with Crippen LogP contribution in [-0.4, -0.2) is 16.8 Å². The number of nitrogens with one attached hydrogen (secondary N) is 1. The number of nitrogens with zero attached hydrogens (tertiary/aromatic N) is 1. The van der Waals surface area contributed by atoms with Crippen molar-refractivity contribution in [3.8, 4) is 17.0 Å². The number of benzene rings is 1. The Morgan fingerprint density at radius 2 is 2.25 bits per heavy atom. The zero-order chi connectivity index (χ0) is 11.1. The van der Waals surface area contributed by atoms with E-state index in [1.165, 1.54) is 0 Å². The first-order valence-electron chi connectivity index (χ1n) is 5.00. The van der Waals surface area contributed by atoms with Crippen LogP contribution in [0.15, 0.2) is 18.2 Å². The van der Waals surface area contributed by atoms with Gasteiger partial charge in [-0.1, -0.05) is 11.6 Å².